The van der Waals surface area contributed by atoms with Crippen LogP contribution in [0.15, 0.2) is 40.9 Å². The van der Waals surface area contributed by atoms with E-state index in [9.17, 15) is 4.39 Å². The zero-order chi connectivity index (χ0) is 14.1. The Kier molecular flexibility index (Phi) is 4.13. The minimum absolute atomic E-state index is 0.150. The van der Waals surface area contributed by atoms with Gasteiger partial charge in [-0.1, -0.05) is 50.1 Å². The molecular weight excluding hydrogens is 387 g/mol. The largest absolute Gasteiger partial charge is 0.493 e. The van der Waals surface area contributed by atoms with E-state index in [0.717, 1.165) is 35.2 Å². The van der Waals surface area contributed by atoms with E-state index in [-0.39, 0.29) is 10.6 Å². The van der Waals surface area contributed by atoms with Gasteiger partial charge in [0.05, 0.1) is 11.4 Å². The highest BCUT2D eigenvalue weighted by Crippen LogP contribution is 2.36. The fourth-order valence-corrected chi connectivity index (χ4v) is 3.41. The van der Waals surface area contributed by atoms with Gasteiger partial charge in [0, 0.05) is 10.0 Å². The Bertz CT molecular complexity index is 642. The van der Waals surface area contributed by atoms with E-state index in [1.165, 1.54) is 11.6 Å². The van der Waals surface area contributed by atoms with Crippen LogP contribution in [0.2, 0.25) is 0 Å². The number of hydrogen-bond donors (Lipinski definition) is 0. The highest BCUT2D eigenvalue weighted by molar-refractivity contribution is 9.10. The van der Waals surface area contributed by atoms with Crippen molar-refractivity contribution < 1.29 is 9.13 Å². The molecule has 0 saturated carbocycles. The molecule has 0 fully saturated rings. The second-order valence-corrected chi connectivity index (χ2v) is 6.68. The lowest BCUT2D eigenvalue weighted by Crippen LogP contribution is -2.09. The lowest BCUT2D eigenvalue weighted by Gasteiger charge is -2.19. The molecule has 2 aromatic rings. The number of benzene rings is 2. The second kappa shape index (κ2) is 5.86. The zero-order valence-corrected chi connectivity index (χ0v) is 13.9. The topological polar surface area (TPSA) is 9.23 Å². The molecule has 0 spiro atoms. The molecule has 3 rings (SSSR count). The Morgan fingerprint density at radius 2 is 2.00 bits per heavy atom. The van der Waals surface area contributed by atoms with Gasteiger partial charge in [-0.25, -0.2) is 4.39 Å². The van der Waals surface area contributed by atoms with Crippen LogP contribution in [0.25, 0.3) is 0 Å². The Balaban J connectivity index is 1.95. The first-order chi connectivity index (χ1) is 9.65. The quantitative estimate of drug-likeness (QED) is 0.614. The van der Waals surface area contributed by atoms with Gasteiger partial charge in [-0.3, -0.25) is 0 Å². The summed E-state index contributed by atoms with van der Waals surface area (Å²) in [5.41, 5.74) is 2.90. The normalized spacial score (nSPS) is 15.3. The number of fused-ring (bicyclic) bond motifs is 1. The van der Waals surface area contributed by atoms with Crippen LogP contribution in [0.1, 0.15) is 27.9 Å². The minimum atomic E-state index is -0.213. The van der Waals surface area contributed by atoms with Crippen LogP contribution < -0.4 is 4.74 Å². The number of alkyl halides is 1. The highest BCUT2D eigenvalue weighted by Gasteiger charge is 2.18. The third kappa shape index (κ3) is 2.77. The summed E-state index contributed by atoms with van der Waals surface area (Å²) >= 11 is 6.88. The molecule has 1 aliphatic heterocycles. The van der Waals surface area contributed by atoms with Crippen molar-refractivity contribution in [1.29, 1.82) is 0 Å². The molecule has 0 radical (unpaired) electrons. The molecule has 0 amide bonds. The van der Waals surface area contributed by atoms with Crippen molar-refractivity contribution >= 4 is 31.9 Å². The Morgan fingerprint density at radius 3 is 2.80 bits per heavy atom. The molecule has 0 aliphatic carbocycles. The number of hydrogen-bond acceptors (Lipinski definition) is 1. The van der Waals surface area contributed by atoms with E-state index < -0.39 is 0 Å². The monoisotopic (exact) mass is 398 g/mol. The van der Waals surface area contributed by atoms with Crippen LogP contribution in [0, 0.1) is 5.82 Å². The number of ether oxygens (including phenoxy) is 1. The molecule has 0 saturated heterocycles. The van der Waals surface area contributed by atoms with Crippen molar-refractivity contribution in [2.24, 2.45) is 0 Å². The van der Waals surface area contributed by atoms with Crippen LogP contribution in [0.4, 0.5) is 4.39 Å². The fraction of sp³-hybridized carbons (Fsp3) is 0.250. The van der Waals surface area contributed by atoms with Crippen LogP contribution >= 0.6 is 31.9 Å². The van der Waals surface area contributed by atoms with E-state index in [0.29, 0.717) is 5.56 Å². The van der Waals surface area contributed by atoms with E-state index in [1.54, 1.807) is 6.07 Å². The first-order valence-electron chi connectivity index (χ1n) is 6.50. The smallest absolute Gasteiger partial charge is 0.129 e. The summed E-state index contributed by atoms with van der Waals surface area (Å²) in [6.45, 7) is 0.783. The van der Waals surface area contributed by atoms with Gasteiger partial charge >= 0.3 is 0 Å². The summed E-state index contributed by atoms with van der Waals surface area (Å²) in [5, 5.41) is 0. The molecule has 20 heavy (non-hydrogen) atoms. The van der Waals surface area contributed by atoms with Gasteiger partial charge in [0.2, 0.25) is 0 Å². The maximum absolute atomic E-state index is 14.0. The second-order valence-electron chi connectivity index (χ2n) is 4.85. The zero-order valence-electron chi connectivity index (χ0n) is 10.7. The Hall–Kier alpha value is -0.870. The number of aryl methyl sites for hydroxylation is 1. The summed E-state index contributed by atoms with van der Waals surface area (Å²) in [7, 11) is 0. The average Bonchev–Trinajstić information content (AvgIpc) is 2.46. The van der Waals surface area contributed by atoms with E-state index in [4.69, 9.17) is 4.74 Å². The average molecular weight is 400 g/mol. The predicted molar refractivity (Wildman–Crippen MR) is 85.1 cm³/mol. The predicted octanol–water partition coefficient (Wildman–Crippen LogP) is 5.40. The first kappa shape index (κ1) is 14.1. The minimum Gasteiger partial charge on any atom is -0.493 e. The van der Waals surface area contributed by atoms with E-state index in [1.807, 2.05) is 18.2 Å². The molecule has 2 aromatic carbocycles. The molecule has 4 heteroatoms. The summed E-state index contributed by atoms with van der Waals surface area (Å²) in [6, 6.07) is 11.2. The van der Waals surface area contributed by atoms with Gasteiger partial charge in [-0.15, -0.1) is 0 Å². The number of halogens is 3. The van der Waals surface area contributed by atoms with Crippen molar-refractivity contribution in [3.63, 3.8) is 0 Å². The molecule has 0 bridgehead atoms. The third-order valence-electron chi connectivity index (χ3n) is 3.46. The van der Waals surface area contributed by atoms with Crippen molar-refractivity contribution in [3.05, 3.63) is 63.4 Å². The first-order valence-corrected chi connectivity index (χ1v) is 8.20. The van der Waals surface area contributed by atoms with Gasteiger partial charge in [0.1, 0.15) is 11.6 Å². The van der Waals surface area contributed by atoms with Crippen molar-refractivity contribution in [3.8, 4) is 5.75 Å². The maximum atomic E-state index is 14.0. The van der Waals surface area contributed by atoms with Gasteiger partial charge in [-0.2, -0.15) is 0 Å². The highest BCUT2D eigenvalue weighted by atomic mass is 79.9. The SMILES string of the molecule is Fc1cc(Br)ccc1C(Br)c1ccc2c(c1)CCCO2. The lowest BCUT2D eigenvalue weighted by atomic mass is 9.99. The molecule has 0 aromatic heterocycles. The molecular formula is C16H13Br2FO. The van der Waals surface area contributed by atoms with Crippen LogP contribution in [-0.4, -0.2) is 6.61 Å². The van der Waals surface area contributed by atoms with Crippen molar-refractivity contribution in [1.82, 2.24) is 0 Å². The molecule has 104 valence electrons. The summed E-state index contributed by atoms with van der Waals surface area (Å²) in [4.78, 5) is -0.150. The summed E-state index contributed by atoms with van der Waals surface area (Å²) in [5.74, 6) is 0.742. The van der Waals surface area contributed by atoms with Gasteiger partial charge in [-0.05, 0) is 42.2 Å². The molecule has 1 nitrogen and oxygen atoms in total. The maximum Gasteiger partial charge on any atom is 0.129 e. The number of rotatable bonds is 2. The lowest BCUT2D eigenvalue weighted by molar-refractivity contribution is 0.288. The van der Waals surface area contributed by atoms with Crippen LogP contribution in [-0.2, 0) is 6.42 Å². The molecule has 0 N–H and O–H groups in total. The van der Waals surface area contributed by atoms with Crippen molar-refractivity contribution in [2.75, 3.05) is 6.61 Å². The van der Waals surface area contributed by atoms with Gasteiger partial charge in [0.25, 0.3) is 0 Å². The van der Waals surface area contributed by atoms with E-state index in [2.05, 4.69) is 37.9 Å². The van der Waals surface area contributed by atoms with Gasteiger partial charge < -0.3 is 4.74 Å². The van der Waals surface area contributed by atoms with Crippen LogP contribution in [0.5, 0.6) is 5.75 Å². The molecule has 1 atom stereocenters. The fourth-order valence-electron chi connectivity index (χ4n) is 2.42. The Labute approximate surface area is 134 Å². The Morgan fingerprint density at radius 1 is 1.15 bits per heavy atom. The molecule has 1 heterocycles. The third-order valence-corrected chi connectivity index (χ3v) is 4.98. The summed E-state index contributed by atoms with van der Waals surface area (Å²) in [6.07, 6.45) is 2.06. The summed E-state index contributed by atoms with van der Waals surface area (Å²) < 4.78 is 20.4. The van der Waals surface area contributed by atoms with Gasteiger partial charge in [0.15, 0.2) is 0 Å². The van der Waals surface area contributed by atoms with E-state index >= 15 is 0 Å². The molecule has 1 aliphatic rings. The van der Waals surface area contributed by atoms with Crippen molar-refractivity contribution in [2.45, 2.75) is 17.7 Å². The standard InChI is InChI=1S/C16H13Br2FO/c17-12-4-5-13(14(19)9-12)16(18)11-3-6-15-10(8-11)2-1-7-20-15/h3-6,8-9,16H,1-2,7H2. The molecule has 1 unspecified atom stereocenters. The van der Waals surface area contributed by atoms with Crippen LogP contribution in [0.3, 0.4) is 0 Å².